The summed E-state index contributed by atoms with van der Waals surface area (Å²) >= 11 is 1.01. The molecule has 0 atom stereocenters. The quantitative estimate of drug-likeness (QED) is 0.316. The Morgan fingerprint density at radius 3 is 2.61 bits per heavy atom. The molecule has 1 N–H and O–H groups in total. The Morgan fingerprint density at radius 1 is 1.29 bits per heavy atom. The van der Waals surface area contributed by atoms with Gasteiger partial charge in [0.1, 0.15) is 12.4 Å². The molecule has 156 valence electrons. The summed E-state index contributed by atoms with van der Waals surface area (Å²) in [6, 6.07) is 9.53. The molecule has 1 aromatic heterocycles. The Balaban J connectivity index is 0.00000392. The van der Waals surface area contributed by atoms with Crippen molar-refractivity contribution in [2.24, 2.45) is 4.99 Å². The van der Waals surface area contributed by atoms with Gasteiger partial charge in [0, 0.05) is 31.9 Å². The second kappa shape index (κ2) is 12.1. The van der Waals surface area contributed by atoms with Crippen molar-refractivity contribution in [1.29, 1.82) is 0 Å². The van der Waals surface area contributed by atoms with Gasteiger partial charge >= 0.3 is 6.18 Å². The Kier molecular flexibility index (Phi) is 10.6. The minimum Gasteiger partial charge on any atom is -0.492 e. The Labute approximate surface area is 184 Å². The number of likely N-dealkylation sites (N-methyl/N-ethyl adjacent to an activating group) is 1. The third-order valence-electron chi connectivity index (χ3n) is 3.56. The van der Waals surface area contributed by atoms with Crippen LogP contribution in [0.4, 0.5) is 13.2 Å². The van der Waals surface area contributed by atoms with E-state index in [9.17, 15) is 13.2 Å². The highest BCUT2D eigenvalue weighted by atomic mass is 127. The van der Waals surface area contributed by atoms with Gasteiger partial charge in [0.15, 0.2) is 11.7 Å². The molecule has 0 unspecified atom stereocenters. The van der Waals surface area contributed by atoms with Crippen LogP contribution in [0.2, 0.25) is 0 Å². The van der Waals surface area contributed by atoms with Crippen LogP contribution in [0.5, 0.6) is 5.75 Å². The van der Waals surface area contributed by atoms with Crippen LogP contribution in [0.15, 0.2) is 40.7 Å². The monoisotopic (exact) mass is 528 g/mol. The van der Waals surface area contributed by atoms with Crippen molar-refractivity contribution in [2.75, 3.05) is 33.3 Å². The molecule has 0 radical (unpaired) electrons. The van der Waals surface area contributed by atoms with E-state index in [2.05, 4.69) is 15.3 Å². The molecule has 0 saturated carbocycles. The number of para-hydroxylation sites is 1. The predicted molar refractivity (Wildman–Crippen MR) is 117 cm³/mol. The molecule has 28 heavy (non-hydrogen) atoms. The molecule has 0 fully saturated rings. The number of halogens is 4. The van der Waals surface area contributed by atoms with Gasteiger partial charge in [-0.2, -0.15) is 13.2 Å². The van der Waals surface area contributed by atoms with Crippen LogP contribution in [0, 0.1) is 0 Å². The van der Waals surface area contributed by atoms with E-state index in [1.54, 1.807) is 0 Å². The lowest BCUT2D eigenvalue weighted by atomic mass is 10.3. The number of aliphatic imine (C=N–C) groups is 1. The maximum atomic E-state index is 12.6. The number of hydrogen-bond donors (Lipinski definition) is 1. The van der Waals surface area contributed by atoms with Gasteiger partial charge in [0.05, 0.1) is 11.6 Å². The van der Waals surface area contributed by atoms with Crippen molar-refractivity contribution in [3.8, 4) is 5.75 Å². The summed E-state index contributed by atoms with van der Waals surface area (Å²) in [5, 5.41) is 4.64. The number of alkyl halides is 3. The number of aromatic nitrogens is 1. The molecular formula is C18H24F3IN4OS. The van der Waals surface area contributed by atoms with E-state index in [1.165, 1.54) is 0 Å². The summed E-state index contributed by atoms with van der Waals surface area (Å²) in [6.45, 7) is 4.12. The Hall–Kier alpha value is -1.56. The number of ether oxygens (including phenoxy) is 1. The van der Waals surface area contributed by atoms with E-state index in [0.717, 1.165) is 22.5 Å². The number of benzene rings is 1. The number of guanidine groups is 1. The number of thiazole rings is 1. The van der Waals surface area contributed by atoms with Gasteiger partial charge in [-0.1, -0.05) is 18.2 Å². The predicted octanol–water partition coefficient (Wildman–Crippen LogP) is 4.30. The zero-order valence-corrected chi connectivity index (χ0v) is 18.8. The molecule has 10 heteroatoms. The maximum absolute atomic E-state index is 12.6. The SMILES string of the molecule is CCNC(=NCCc1nc(C(F)(F)F)cs1)N(C)CCOc1ccccc1.I. The lowest BCUT2D eigenvalue weighted by Gasteiger charge is -2.22. The van der Waals surface area contributed by atoms with E-state index in [4.69, 9.17) is 4.74 Å². The lowest BCUT2D eigenvalue weighted by Crippen LogP contribution is -2.41. The fourth-order valence-corrected chi connectivity index (χ4v) is 3.00. The van der Waals surface area contributed by atoms with E-state index in [1.807, 2.05) is 49.2 Å². The average molecular weight is 528 g/mol. The average Bonchev–Trinajstić information content (AvgIpc) is 3.11. The summed E-state index contributed by atoms with van der Waals surface area (Å²) in [6.07, 6.45) is -4.03. The van der Waals surface area contributed by atoms with Crippen LogP contribution in [0.1, 0.15) is 17.6 Å². The van der Waals surface area contributed by atoms with Crippen molar-refractivity contribution in [2.45, 2.75) is 19.5 Å². The van der Waals surface area contributed by atoms with E-state index in [0.29, 0.717) is 43.6 Å². The smallest absolute Gasteiger partial charge is 0.434 e. The number of nitrogens with zero attached hydrogens (tertiary/aromatic N) is 3. The fraction of sp³-hybridized carbons (Fsp3) is 0.444. The van der Waals surface area contributed by atoms with Crippen LogP contribution >= 0.6 is 35.3 Å². The molecule has 0 aliphatic heterocycles. The van der Waals surface area contributed by atoms with Crippen molar-refractivity contribution in [1.82, 2.24) is 15.2 Å². The zero-order chi connectivity index (χ0) is 19.7. The second-order valence-electron chi connectivity index (χ2n) is 5.69. The van der Waals surface area contributed by atoms with Gasteiger partial charge in [-0.3, -0.25) is 4.99 Å². The molecule has 1 heterocycles. The first-order valence-electron chi connectivity index (χ1n) is 8.59. The summed E-state index contributed by atoms with van der Waals surface area (Å²) in [7, 11) is 1.89. The zero-order valence-electron chi connectivity index (χ0n) is 15.7. The molecule has 2 aromatic rings. The summed E-state index contributed by atoms with van der Waals surface area (Å²) < 4.78 is 43.4. The third-order valence-corrected chi connectivity index (χ3v) is 4.47. The first-order valence-corrected chi connectivity index (χ1v) is 9.47. The van der Waals surface area contributed by atoms with Crippen LogP contribution < -0.4 is 10.1 Å². The van der Waals surface area contributed by atoms with Gasteiger partial charge in [0.2, 0.25) is 0 Å². The van der Waals surface area contributed by atoms with E-state index < -0.39 is 11.9 Å². The molecular weight excluding hydrogens is 504 g/mol. The molecule has 0 aliphatic carbocycles. The normalized spacial score (nSPS) is 11.7. The third kappa shape index (κ3) is 8.21. The number of nitrogens with one attached hydrogen (secondary N) is 1. The Morgan fingerprint density at radius 2 is 2.00 bits per heavy atom. The largest absolute Gasteiger partial charge is 0.492 e. The lowest BCUT2D eigenvalue weighted by molar-refractivity contribution is -0.140. The molecule has 2 rings (SSSR count). The van der Waals surface area contributed by atoms with Crippen LogP contribution in [-0.2, 0) is 12.6 Å². The van der Waals surface area contributed by atoms with Crippen molar-refractivity contribution < 1.29 is 17.9 Å². The Bertz CT molecular complexity index is 725. The van der Waals surface area contributed by atoms with Crippen LogP contribution in [-0.4, -0.2) is 49.1 Å². The minimum atomic E-state index is -4.40. The molecule has 1 aromatic carbocycles. The molecule has 0 bridgehead atoms. The topological polar surface area (TPSA) is 49.8 Å². The van der Waals surface area contributed by atoms with Crippen LogP contribution in [0.3, 0.4) is 0 Å². The van der Waals surface area contributed by atoms with Crippen molar-refractivity contribution in [3.05, 3.63) is 46.4 Å². The first-order chi connectivity index (χ1) is 12.9. The van der Waals surface area contributed by atoms with Gasteiger partial charge in [-0.05, 0) is 19.1 Å². The number of rotatable bonds is 8. The van der Waals surface area contributed by atoms with Crippen molar-refractivity contribution in [3.63, 3.8) is 0 Å². The van der Waals surface area contributed by atoms with Gasteiger partial charge in [-0.15, -0.1) is 35.3 Å². The van der Waals surface area contributed by atoms with E-state index in [-0.39, 0.29) is 24.0 Å². The first kappa shape index (κ1) is 24.5. The van der Waals surface area contributed by atoms with Gasteiger partial charge in [-0.25, -0.2) is 4.98 Å². The molecule has 0 spiro atoms. The summed E-state index contributed by atoms with van der Waals surface area (Å²) in [5.41, 5.74) is -0.839. The van der Waals surface area contributed by atoms with Gasteiger partial charge in [0.25, 0.3) is 0 Å². The fourth-order valence-electron chi connectivity index (χ4n) is 2.21. The highest BCUT2D eigenvalue weighted by Gasteiger charge is 2.33. The van der Waals surface area contributed by atoms with E-state index >= 15 is 0 Å². The summed E-state index contributed by atoms with van der Waals surface area (Å²) in [5.74, 6) is 1.49. The maximum Gasteiger partial charge on any atom is 0.434 e. The van der Waals surface area contributed by atoms with Crippen LogP contribution in [0.25, 0.3) is 0 Å². The molecule has 5 nitrogen and oxygen atoms in total. The highest BCUT2D eigenvalue weighted by Crippen LogP contribution is 2.30. The molecule has 0 aliphatic rings. The molecule has 0 saturated heterocycles. The molecule has 0 amide bonds. The highest BCUT2D eigenvalue weighted by molar-refractivity contribution is 14.0. The van der Waals surface area contributed by atoms with Crippen molar-refractivity contribution >= 4 is 41.3 Å². The standard InChI is InChI=1S/C18H23F3N4OS.HI/c1-3-22-17(25(2)11-12-26-14-7-5-4-6-8-14)23-10-9-16-24-15(13-27-16)18(19,20)21;/h4-8,13H,3,9-12H2,1-2H3,(H,22,23);1H. The summed E-state index contributed by atoms with van der Waals surface area (Å²) in [4.78, 5) is 10.0. The number of hydrogen-bond acceptors (Lipinski definition) is 4. The second-order valence-corrected chi connectivity index (χ2v) is 6.64. The van der Waals surface area contributed by atoms with Gasteiger partial charge < -0.3 is 15.0 Å². The minimum absolute atomic E-state index is 0.